The lowest BCUT2D eigenvalue weighted by Gasteiger charge is -2.08. The molecule has 0 aliphatic rings. The average molecular weight is 355 g/mol. The Morgan fingerprint density at radius 1 is 1.33 bits per heavy atom. The number of carbonyl (C=O) groups is 2. The molecular formula is C14H17BrN3O3+. The van der Waals surface area contributed by atoms with Gasteiger partial charge in [0.15, 0.2) is 6.54 Å². The van der Waals surface area contributed by atoms with Crippen LogP contribution < -0.4 is 9.88 Å². The van der Waals surface area contributed by atoms with Crippen molar-refractivity contribution in [2.24, 2.45) is 7.05 Å². The van der Waals surface area contributed by atoms with Crippen molar-refractivity contribution in [3.05, 3.63) is 48.5 Å². The van der Waals surface area contributed by atoms with Crippen LogP contribution in [-0.4, -0.2) is 23.6 Å². The van der Waals surface area contributed by atoms with Gasteiger partial charge >= 0.3 is 5.97 Å². The third-order valence-electron chi connectivity index (χ3n) is 2.76. The summed E-state index contributed by atoms with van der Waals surface area (Å²) >= 11 is 0. The monoisotopic (exact) mass is 354 g/mol. The highest BCUT2D eigenvalue weighted by atomic mass is 79.9. The first-order chi connectivity index (χ1) is 9.60. The Morgan fingerprint density at radius 3 is 2.67 bits per heavy atom. The first-order valence-electron chi connectivity index (χ1n) is 6.08. The van der Waals surface area contributed by atoms with E-state index in [1.807, 2.05) is 17.8 Å². The summed E-state index contributed by atoms with van der Waals surface area (Å²) in [6, 6.07) is 6.74. The van der Waals surface area contributed by atoms with E-state index in [-0.39, 0.29) is 29.4 Å². The molecule has 0 saturated heterocycles. The lowest BCUT2D eigenvalue weighted by Crippen LogP contribution is -2.25. The van der Waals surface area contributed by atoms with Crippen LogP contribution in [0, 0.1) is 0 Å². The average Bonchev–Trinajstić information content (AvgIpc) is 2.83. The van der Waals surface area contributed by atoms with Gasteiger partial charge in [0.1, 0.15) is 12.4 Å². The first-order valence-corrected chi connectivity index (χ1v) is 6.08. The molecule has 0 aliphatic carbocycles. The Balaban J connectivity index is 0.00000220. The number of hydrogen-bond acceptors (Lipinski definition) is 3. The van der Waals surface area contributed by atoms with Crippen molar-refractivity contribution in [2.45, 2.75) is 6.54 Å². The number of ether oxygens (including phenoxy) is 1. The maximum atomic E-state index is 12.0. The number of halogens is 1. The number of para-hydroxylation sites is 1. The lowest BCUT2D eigenvalue weighted by atomic mass is 10.2. The zero-order chi connectivity index (χ0) is 14.5. The summed E-state index contributed by atoms with van der Waals surface area (Å²) in [6.45, 7) is 0.177. The van der Waals surface area contributed by atoms with Gasteiger partial charge in [-0.25, -0.2) is 13.9 Å². The standard InChI is InChI=1S/C14H15N3O3.BrH/c1-16-7-8-17(10-16)9-13(18)15-12-6-4-3-5-11(12)14(19)20-2;/h3-8,10H,9H2,1-2H3;1H/p+1. The number of carbonyl (C=O) groups excluding carboxylic acids is 2. The number of hydrogen-bond donors (Lipinski definition) is 1. The Labute approximate surface area is 133 Å². The van der Waals surface area contributed by atoms with E-state index >= 15 is 0 Å². The molecule has 0 atom stereocenters. The number of aromatic nitrogens is 2. The molecule has 0 aliphatic heterocycles. The van der Waals surface area contributed by atoms with Gasteiger partial charge in [-0.3, -0.25) is 4.79 Å². The number of methoxy groups -OCH3 is 1. The summed E-state index contributed by atoms with van der Waals surface area (Å²) in [5.41, 5.74) is 0.780. The predicted octanol–water partition coefficient (Wildman–Crippen LogP) is 1.32. The van der Waals surface area contributed by atoms with E-state index in [1.54, 1.807) is 41.4 Å². The van der Waals surface area contributed by atoms with Crippen molar-refractivity contribution in [1.82, 2.24) is 4.57 Å². The maximum Gasteiger partial charge on any atom is 0.339 e. The van der Waals surface area contributed by atoms with E-state index in [0.717, 1.165) is 0 Å². The van der Waals surface area contributed by atoms with Crippen molar-refractivity contribution in [1.29, 1.82) is 0 Å². The summed E-state index contributed by atoms with van der Waals surface area (Å²) in [5.74, 6) is -0.689. The van der Waals surface area contributed by atoms with Gasteiger partial charge < -0.3 is 10.1 Å². The molecule has 7 heteroatoms. The van der Waals surface area contributed by atoms with Gasteiger partial charge in [0, 0.05) is 0 Å². The smallest absolute Gasteiger partial charge is 0.339 e. The molecule has 1 heterocycles. The second-order valence-corrected chi connectivity index (χ2v) is 4.34. The fourth-order valence-electron chi connectivity index (χ4n) is 1.83. The van der Waals surface area contributed by atoms with Gasteiger partial charge in [-0.2, -0.15) is 0 Å². The molecule has 0 spiro atoms. The van der Waals surface area contributed by atoms with Crippen molar-refractivity contribution in [3.8, 4) is 0 Å². The topological polar surface area (TPSA) is 64.2 Å². The Morgan fingerprint density at radius 2 is 2.05 bits per heavy atom. The van der Waals surface area contributed by atoms with Crippen molar-refractivity contribution in [2.75, 3.05) is 12.4 Å². The van der Waals surface area contributed by atoms with Crippen LogP contribution in [0.25, 0.3) is 0 Å². The summed E-state index contributed by atoms with van der Waals surface area (Å²) < 4.78 is 8.27. The number of anilines is 1. The molecule has 0 radical (unpaired) electrons. The molecule has 2 aromatic rings. The van der Waals surface area contributed by atoms with Crippen molar-refractivity contribution in [3.63, 3.8) is 0 Å². The number of nitrogens with one attached hydrogen (secondary N) is 1. The minimum atomic E-state index is -0.478. The molecular weight excluding hydrogens is 338 g/mol. The lowest BCUT2D eigenvalue weighted by molar-refractivity contribution is -0.671. The summed E-state index contributed by atoms with van der Waals surface area (Å²) in [5, 5.41) is 2.71. The summed E-state index contributed by atoms with van der Waals surface area (Å²) in [4.78, 5) is 23.6. The predicted molar refractivity (Wildman–Crippen MR) is 82.3 cm³/mol. The molecule has 0 saturated carbocycles. The molecule has 1 N–H and O–H groups in total. The Kier molecular flexibility index (Phi) is 6.10. The Bertz CT molecular complexity index is 640. The maximum absolute atomic E-state index is 12.0. The molecule has 2 rings (SSSR count). The zero-order valence-corrected chi connectivity index (χ0v) is 13.5. The van der Waals surface area contributed by atoms with Crippen LogP contribution >= 0.6 is 17.0 Å². The number of rotatable bonds is 4. The van der Waals surface area contributed by atoms with Crippen LogP contribution in [0.5, 0.6) is 0 Å². The SMILES string of the molecule is Br.COC(=O)c1ccccc1NC(=O)Cn1cc[n+](C)c1. The van der Waals surface area contributed by atoms with Crippen LogP contribution in [0.4, 0.5) is 5.69 Å². The van der Waals surface area contributed by atoms with Gasteiger partial charge in [-0.1, -0.05) is 12.1 Å². The summed E-state index contributed by atoms with van der Waals surface area (Å²) in [7, 11) is 3.18. The van der Waals surface area contributed by atoms with Crippen LogP contribution in [0.15, 0.2) is 43.0 Å². The first kappa shape index (κ1) is 16.9. The second-order valence-electron chi connectivity index (χ2n) is 4.34. The fraction of sp³-hybridized carbons (Fsp3) is 0.214. The molecule has 6 nitrogen and oxygen atoms in total. The highest BCUT2D eigenvalue weighted by molar-refractivity contribution is 8.93. The number of imidazole rings is 1. The highest BCUT2D eigenvalue weighted by Gasteiger charge is 2.14. The van der Waals surface area contributed by atoms with Crippen LogP contribution in [0.1, 0.15) is 10.4 Å². The molecule has 112 valence electrons. The molecule has 0 unspecified atom stereocenters. The minimum absolute atomic E-state index is 0. The molecule has 1 amide bonds. The zero-order valence-electron chi connectivity index (χ0n) is 11.8. The third kappa shape index (κ3) is 4.42. The molecule has 0 fully saturated rings. The molecule has 0 bridgehead atoms. The molecule has 1 aromatic heterocycles. The molecule has 21 heavy (non-hydrogen) atoms. The summed E-state index contributed by atoms with van der Waals surface area (Å²) in [6.07, 6.45) is 5.44. The van der Waals surface area contributed by atoms with Crippen LogP contribution in [0.2, 0.25) is 0 Å². The number of aryl methyl sites for hydroxylation is 1. The van der Waals surface area contributed by atoms with Gasteiger partial charge in [-0.05, 0) is 12.1 Å². The quantitative estimate of drug-likeness (QED) is 0.665. The van der Waals surface area contributed by atoms with Crippen molar-refractivity contribution < 1.29 is 18.9 Å². The van der Waals surface area contributed by atoms with E-state index in [0.29, 0.717) is 11.3 Å². The number of amides is 1. The van der Waals surface area contributed by atoms with Gasteiger partial charge in [0.05, 0.1) is 25.4 Å². The number of esters is 1. The van der Waals surface area contributed by atoms with E-state index in [2.05, 4.69) is 10.1 Å². The number of nitrogens with zero attached hydrogens (tertiary/aromatic N) is 2. The van der Waals surface area contributed by atoms with E-state index in [4.69, 9.17) is 0 Å². The highest BCUT2D eigenvalue weighted by Crippen LogP contribution is 2.15. The van der Waals surface area contributed by atoms with Crippen molar-refractivity contribution >= 4 is 34.5 Å². The third-order valence-corrected chi connectivity index (χ3v) is 2.76. The van der Waals surface area contributed by atoms with Gasteiger partial charge in [-0.15, -0.1) is 17.0 Å². The fourth-order valence-corrected chi connectivity index (χ4v) is 1.83. The van der Waals surface area contributed by atoms with Crippen LogP contribution in [-0.2, 0) is 23.1 Å². The van der Waals surface area contributed by atoms with Crippen LogP contribution in [0.3, 0.4) is 0 Å². The number of benzene rings is 1. The largest absolute Gasteiger partial charge is 0.465 e. The molecule has 1 aromatic carbocycles. The van der Waals surface area contributed by atoms with Gasteiger partial charge in [0.25, 0.3) is 5.91 Å². The van der Waals surface area contributed by atoms with E-state index in [9.17, 15) is 9.59 Å². The van der Waals surface area contributed by atoms with Gasteiger partial charge in [0.2, 0.25) is 6.33 Å². The Hall–Kier alpha value is -2.15. The van der Waals surface area contributed by atoms with E-state index in [1.165, 1.54) is 7.11 Å². The van der Waals surface area contributed by atoms with E-state index < -0.39 is 5.97 Å². The normalized spacial score (nSPS) is 9.62. The second kappa shape index (κ2) is 7.58. The minimum Gasteiger partial charge on any atom is -0.465 e.